The van der Waals surface area contributed by atoms with E-state index in [9.17, 15) is 9.59 Å². The Morgan fingerprint density at radius 3 is 2.42 bits per heavy atom. The predicted octanol–water partition coefficient (Wildman–Crippen LogP) is 5.77. The molecule has 1 aliphatic heterocycles. The van der Waals surface area contributed by atoms with Gasteiger partial charge in [0.25, 0.3) is 0 Å². The van der Waals surface area contributed by atoms with Gasteiger partial charge in [0.2, 0.25) is 5.91 Å². The number of benzene rings is 2. The SMILES string of the molecule is CC.O=C1CCN(c2cccc(-c3ccc([N-]C4(CCNO)CCC4)cc3)c2Cl)C(=O)N1.[Y]. The van der Waals surface area contributed by atoms with E-state index in [1.54, 1.807) is 6.07 Å². The number of halogens is 1. The van der Waals surface area contributed by atoms with E-state index in [2.05, 4.69) is 10.8 Å². The molecule has 2 aromatic carbocycles. The summed E-state index contributed by atoms with van der Waals surface area (Å²) in [5, 5.41) is 16.6. The normalized spacial score (nSPS) is 16.5. The van der Waals surface area contributed by atoms with E-state index < -0.39 is 6.03 Å². The van der Waals surface area contributed by atoms with Gasteiger partial charge in [0, 0.05) is 57.8 Å². The second kappa shape index (κ2) is 12.8. The fourth-order valence-corrected chi connectivity index (χ4v) is 4.36. The molecule has 9 heteroatoms. The molecule has 0 aromatic heterocycles. The van der Waals surface area contributed by atoms with Gasteiger partial charge < -0.3 is 10.5 Å². The molecule has 3 amide bonds. The summed E-state index contributed by atoms with van der Waals surface area (Å²) < 4.78 is 0. The van der Waals surface area contributed by atoms with E-state index >= 15 is 0 Å². The van der Waals surface area contributed by atoms with Gasteiger partial charge in [-0.2, -0.15) is 0 Å². The van der Waals surface area contributed by atoms with Gasteiger partial charge >= 0.3 is 6.03 Å². The van der Waals surface area contributed by atoms with E-state index in [0.29, 0.717) is 23.8 Å². The first-order valence-corrected chi connectivity index (χ1v) is 11.5. The Bertz CT molecular complexity index is 951. The van der Waals surface area contributed by atoms with Crippen molar-refractivity contribution in [2.75, 3.05) is 18.0 Å². The summed E-state index contributed by atoms with van der Waals surface area (Å²) in [6.45, 7) is 4.83. The van der Waals surface area contributed by atoms with Gasteiger partial charge in [-0.05, 0) is 18.1 Å². The summed E-state index contributed by atoms with van der Waals surface area (Å²) in [5.41, 5.74) is 5.36. The molecule has 3 N–H and O–H groups in total. The number of imide groups is 1. The molecule has 4 rings (SSSR count). The molecule has 1 aliphatic carbocycles. The number of carbonyl (C=O) groups excluding carboxylic acids is 2. The van der Waals surface area contributed by atoms with Crippen LogP contribution in [-0.2, 0) is 37.5 Å². The zero-order chi connectivity index (χ0) is 23.1. The van der Waals surface area contributed by atoms with Crippen molar-refractivity contribution in [1.29, 1.82) is 0 Å². The third-order valence-corrected chi connectivity index (χ3v) is 6.25. The van der Waals surface area contributed by atoms with Crippen LogP contribution in [0.2, 0.25) is 5.02 Å². The molecule has 0 atom stereocenters. The molecule has 2 aromatic rings. The number of nitrogens with one attached hydrogen (secondary N) is 2. The van der Waals surface area contributed by atoms with E-state index in [1.165, 1.54) is 4.90 Å². The Labute approximate surface area is 225 Å². The van der Waals surface area contributed by atoms with Crippen molar-refractivity contribution in [3.63, 3.8) is 0 Å². The number of anilines is 1. The third-order valence-electron chi connectivity index (χ3n) is 5.85. The van der Waals surface area contributed by atoms with Gasteiger partial charge in [-0.15, -0.1) is 11.2 Å². The van der Waals surface area contributed by atoms with Gasteiger partial charge in [0.1, 0.15) is 0 Å². The Balaban J connectivity index is 0.00000125. The Kier molecular flexibility index (Phi) is 10.8. The van der Waals surface area contributed by atoms with Gasteiger partial charge in [-0.1, -0.05) is 81.1 Å². The topological polar surface area (TPSA) is 95.8 Å². The number of hydrogen-bond acceptors (Lipinski definition) is 4. The molecular weight excluding hydrogens is 517 g/mol. The first-order valence-electron chi connectivity index (χ1n) is 11.1. The molecule has 175 valence electrons. The zero-order valence-electron chi connectivity index (χ0n) is 19.1. The largest absolute Gasteiger partial charge is 0.679 e. The number of urea groups is 1. The molecule has 1 saturated carbocycles. The van der Waals surface area contributed by atoms with Crippen LogP contribution in [0.4, 0.5) is 16.2 Å². The van der Waals surface area contributed by atoms with Crippen molar-refractivity contribution in [1.82, 2.24) is 10.8 Å². The van der Waals surface area contributed by atoms with Crippen LogP contribution in [0.15, 0.2) is 42.5 Å². The predicted molar refractivity (Wildman–Crippen MR) is 128 cm³/mol. The van der Waals surface area contributed by atoms with Crippen molar-refractivity contribution in [2.45, 2.75) is 51.5 Å². The molecule has 1 saturated heterocycles. The van der Waals surface area contributed by atoms with Gasteiger partial charge in [0.15, 0.2) is 0 Å². The molecule has 7 nitrogen and oxygen atoms in total. The summed E-state index contributed by atoms with van der Waals surface area (Å²) in [4.78, 5) is 25.1. The van der Waals surface area contributed by atoms with Crippen LogP contribution in [0.5, 0.6) is 0 Å². The van der Waals surface area contributed by atoms with E-state index in [4.69, 9.17) is 22.1 Å². The van der Waals surface area contributed by atoms with Crippen LogP contribution in [0, 0.1) is 0 Å². The van der Waals surface area contributed by atoms with Crippen molar-refractivity contribution < 1.29 is 47.5 Å². The average molecular weight is 547 g/mol. The second-order valence-electron chi connectivity index (χ2n) is 7.79. The molecule has 2 aliphatic rings. The fourth-order valence-electron chi connectivity index (χ4n) is 4.03. The fraction of sp³-hybridized carbons (Fsp3) is 0.417. The first-order chi connectivity index (χ1) is 15.5. The summed E-state index contributed by atoms with van der Waals surface area (Å²) in [6, 6.07) is 13.0. The number of carbonyl (C=O) groups is 2. The zero-order valence-corrected chi connectivity index (χ0v) is 22.7. The smallest absolute Gasteiger partial charge is 0.328 e. The molecule has 0 unspecified atom stereocenters. The minimum absolute atomic E-state index is 0. The van der Waals surface area contributed by atoms with E-state index in [0.717, 1.165) is 42.5 Å². The summed E-state index contributed by atoms with van der Waals surface area (Å²) in [5.74, 6) is -0.276. The summed E-state index contributed by atoms with van der Waals surface area (Å²) >= 11 is 6.65. The number of rotatable bonds is 7. The number of hydroxylamine groups is 1. The van der Waals surface area contributed by atoms with E-state index in [1.807, 2.05) is 50.2 Å². The van der Waals surface area contributed by atoms with Crippen LogP contribution in [0.25, 0.3) is 16.4 Å². The van der Waals surface area contributed by atoms with Crippen molar-refractivity contribution >= 4 is 34.9 Å². The van der Waals surface area contributed by atoms with Crippen LogP contribution in [0.3, 0.4) is 0 Å². The monoisotopic (exact) mass is 546 g/mol. The minimum atomic E-state index is -0.456. The second-order valence-corrected chi connectivity index (χ2v) is 8.17. The van der Waals surface area contributed by atoms with Gasteiger partial charge in [0.05, 0.1) is 10.7 Å². The maximum absolute atomic E-state index is 12.2. The molecule has 0 spiro atoms. The van der Waals surface area contributed by atoms with E-state index in [-0.39, 0.29) is 50.6 Å². The maximum Gasteiger partial charge on any atom is 0.328 e. The van der Waals surface area contributed by atoms with Crippen LogP contribution in [0.1, 0.15) is 46.0 Å². The minimum Gasteiger partial charge on any atom is -0.679 e. The van der Waals surface area contributed by atoms with Crippen LogP contribution < -0.4 is 15.7 Å². The maximum atomic E-state index is 12.2. The molecule has 0 bridgehead atoms. The van der Waals surface area contributed by atoms with Gasteiger partial charge in [-0.25, -0.2) is 10.3 Å². The Hall–Kier alpha value is -1.51. The molecule has 33 heavy (non-hydrogen) atoms. The average Bonchev–Trinajstić information content (AvgIpc) is 2.78. The molecule has 1 radical (unpaired) electrons. The quantitative estimate of drug-likeness (QED) is 0.384. The van der Waals surface area contributed by atoms with Crippen molar-refractivity contribution in [3.8, 4) is 11.1 Å². The Morgan fingerprint density at radius 1 is 1.15 bits per heavy atom. The molecule has 1 heterocycles. The number of amides is 3. The standard InChI is InChI=1S/C22H24ClN4O3.C2H6.Y/c23-20-17(3-1-4-18(20)27-14-9-19(28)25-21(27)29)15-5-7-16(8-6-15)26-22(10-2-11-22)12-13-24-30;1-2;/h1,3-8,24,30H,2,9-14H2,(H,25,28,29);1-2H3;/q-1;;. The van der Waals surface area contributed by atoms with Gasteiger partial charge in [-0.3, -0.25) is 15.0 Å². The van der Waals surface area contributed by atoms with Crippen LogP contribution >= 0.6 is 11.6 Å². The van der Waals surface area contributed by atoms with Crippen molar-refractivity contribution in [3.05, 3.63) is 52.8 Å². The van der Waals surface area contributed by atoms with Crippen LogP contribution in [-0.4, -0.2) is 35.8 Å². The molecule has 2 fully saturated rings. The third kappa shape index (κ3) is 6.55. The number of hydrogen-bond donors (Lipinski definition) is 3. The molecular formula is C24H30ClN4O3Y-. The summed E-state index contributed by atoms with van der Waals surface area (Å²) in [6.07, 6.45) is 4.27. The summed E-state index contributed by atoms with van der Waals surface area (Å²) in [7, 11) is 0. The first kappa shape index (κ1) is 27.7. The Morgan fingerprint density at radius 2 is 1.85 bits per heavy atom. The van der Waals surface area contributed by atoms with Crippen molar-refractivity contribution in [2.24, 2.45) is 0 Å². The number of nitrogens with zero attached hydrogens (tertiary/aromatic N) is 2.